The molecule has 0 saturated heterocycles. The predicted molar refractivity (Wildman–Crippen MR) is 118 cm³/mol. The minimum absolute atomic E-state index is 0.154. The smallest absolute Gasteiger partial charge is 0.258 e. The summed E-state index contributed by atoms with van der Waals surface area (Å²) in [7, 11) is 1.59. The van der Waals surface area contributed by atoms with Gasteiger partial charge in [-0.25, -0.2) is 4.98 Å². The van der Waals surface area contributed by atoms with Crippen LogP contribution in [-0.4, -0.2) is 42.7 Å². The molecule has 0 bridgehead atoms. The van der Waals surface area contributed by atoms with Gasteiger partial charge in [0.15, 0.2) is 0 Å². The first-order valence-corrected chi connectivity index (χ1v) is 9.57. The Balaban J connectivity index is 1.79. The van der Waals surface area contributed by atoms with E-state index in [1.807, 2.05) is 35.2 Å². The molecule has 0 aliphatic rings. The summed E-state index contributed by atoms with van der Waals surface area (Å²) in [5.41, 5.74) is 2.89. The van der Waals surface area contributed by atoms with Crippen LogP contribution in [0.4, 0.5) is 5.69 Å². The number of H-pyrrole nitrogens is 1. The largest absolute Gasteiger partial charge is 0.383 e. The maximum atomic E-state index is 12.2. The third-order valence-electron chi connectivity index (χ3n) is 4.63. The molecule has 0 saturated carbocycles. The van der Waals surface area contributed by atoms with E-state index in [0.29, 0.717) is 48.5 Å². The highest BCUT2D eigenvalue weighted by Crippen LogP contribution is 2.19. The van der Waals surface area contributed by atoms with Crippen molar-refractivity contribution in [3.63, 3.8) is 0 Å². The molecule has 2 aromatic carbocycles. The van der Waals surface area contributed by atoms with Gasteiger partial charge in [0.1, 0.15) is 5.82 Å². The highest BCUT2D eigenvalue weighted by Gasteiger charge is 2.11. The molecule has 0 aliphatic heterocycles. The molecule has 0 aliphatic carbocycles. The van der Waals surface area contributed by atoms with Crippen molar-refractivity contribution < 1.29 is 9.53 Å². The summed E-state index contributed by atoms with van der Waals surface area (Å²) in [6.45, 7) is 3.58. The average molecular weight is 404 g/mol. The molecule has 0 atom stereocenters. The van der Waals surface area contributed by atoms with Gasteiger partial charge in [0.2, 0.25) is 0 Å². The minimum Gasteiger partial charge on any atom is -0.383 e. The number of benzene rings is 2. The normalized spacial score (nSPS) is 10.6. The van der Waals surface area contributed by atoms with Crippen LogP contribution < -0.4 is 15.8 Å². The number of fused-ring (bicyclic) bond motifs is 1. The maximum absolute atomic E-state index is 12.2. The summed E-state index contributed by atoms with van der Waals surface area (Å²) in [5.74, 6) is 3.10. The third kappa shape index (κ3) is 5.04. The lowest BCUT2D eigenvalue weighted by Crippen LogP contribution is -2.27. The minimum atomic E-state index is -0.160. The lowest BCUT2D eigenvalue weighted by molar-refractivity contribution is 0.0937. The van der Waals surface area contributed by atoms with Crippen molar-refractivity contribution >= 4 is 22.5 Å². The summed E-state index contributed by atoms with van der Waals surface area (Å²) in [4.78, 5) is 33.5. The van der Waals surface area contributed by atoms with Gasteiger partial charge >= 0.3 is 0 Å². The van der Waals surface area contributed by atoms with E-state index in [1.54, 1.807) is 26.2 Å². The Kier molecular flexibility index (Phi) is 6.83. The molecule has 3 aromatic rings. The number of ether oxygens (including phenoxy) is 1. The molecule has 30 heavy (non-hydrogen) atoms. The Hall–Kier alpha value is -3.63. The second-order valence-corrected chi connectivity index (χ2v) is 6.86. The molecule has 1 heterocycles. The topological polar surface area (TPSA) is 87.3 Å². The zero-order valence-electron chi connectivity index (χ0n) is 17.1. The number of hydrogen-bond donors (Lipinski definition) is 2. The van der Waals surface area contributed by atoms with Gasteiger partial charge in [-0.15, -0.1) is 6.42 Å². The van der Waals surface area contributed by atoms with Gasteiger partial charge in [0.05, 0.1) is 24.1 Å². The molecule has 0 fully saturated rings. The average Bonchev–Trinajstić information content (AvgIpc) is 2.74. The van der Waals surface area contributed by atoms with Gasteiger partial charge in [0, 0.05) is 31.5 Å². The van der Waals surface area contributed by atoms with E-state index >= 15 is 0 Å². The number of carbonyl (C=O) groups excluding carboxylic acids is 1. The summed E-state index contributed by atoms with van der Waals surface area (Å²) in [6, 6.07) is 12.9. The monoisotopic (exact) mass is 404 g/mol. The summed E-state index contributed by atoms with van der Waals surface area (Å²) in [6.07, 6.45) is 5.57. The van der Waals surface area contributed by atoms with Gasteiger partial charge in [-0.2, -0.15) is 0 Å². The van der Waals surface area contributed by atoms with Crippen LogP contribution in [0.3, 0.4) is 0 Å². The second-order valence-electron chi connectivity index (χ2n) is 6.86. The van der Waals surface area contributed by atoms with Crippen LogP contribution in [0.5, 0.6) is 0 Å². The van der Waals surface area contributed by atoms with E-state index in [2.05, 4.69) is 21.2 Å². The number of rotatable bonds is 8. The molecule has 0 unspecified atom stereocenters. The molecule has 3 rings (SSSR count). The van der Waals surface area contributed by atoms with Crippen LogP contribution in [0, 0.1) is 19.3 Å². The lowest BCUT2D eigenvalue weighted by atomic mass is 10.1. The first-order valence-electron chi connectivity index (χ1n) is 9.57. The van der Waals surface area contributed by atoms with E-state index in [1.165, 1.54) is 0 Å². The van der Waals surface area contributed by atoms with Crippen molar-refractivity contribution in [2.24, 2.45) is 0 Å². The number of hydrogen-bond acceptors (Lipinski definition) is 5. The number of aryl methyl sites for hydroxylation is 1. The fourth-order valence-corrected chi connectivity index (χ4v) is 3.16. The quantitative estimate of drug-likeness (QED) is 0.444. The van der Waals surface area contributed by atoms with Crippen LogP contribution in [0.15, 0.2) is 47.3 Å². The molecule has 7 heteroatoms. The second kappa shape index (κ2) is 9.72. The van der Waals surface area contributed by atoms with Crippen molar-refractivity contribution in [1.82, 2.24) is 15.3 Å². The van der Waals surface area contributed by atoms with E-state index in [-0.39, 0.29) is 11.5 Å². The van der Waals surface area contributed by atoms with Gasteiger partial charge in [0.25, 0.3) is 11.5 Å². The van der Waals surface area contributed by atoms with Crippen molar-refractivity contribution in [3.8, 4) is 12.3 Å². The number of terminal acetylenes is 1. The van der Waals surface area contributed by atoms with E-state index < -0.39 is 0 Å². The molecule has 1 aromatic heterocycles. The molecule has 0 spiro atoms. The van der Waals surface area contributed by atoms with Gasteiger partial charge < -0.3 is 19.9 Å². The number of aromatic amines is 1. The van der Waals surface area contributed by atoms with Crippen LogP contribution in [0.1, 0.15) is 21.7 Å². The maximum Gasteiger partial charge on any atom is 0.258 e. The van der Waals surface area contributed by atoms with Gasteiger partial charge in [-0.05, 0) is 48.9 Å². The Bertz CT molecular complexity index is 1130. The number of nitrogens with zero attached hydrogens (tertiary/aromatic N) is 2. The number of carbonyl (C=O) groups is 1. The Morgan fingerprint density at radius 3 is 2.73 bits per heavy atom. The number of nitrogens with one attached hydrogen (secondary N) is 2. The Morgan fingerprint density at radius 2 is 2.03 bits per heavy atom. The van der Waals surface area contributed by atoms with Crippen LogP contribution in [0.25, 0.3) is 10.9 Å². The number of methoxy groups -OCH3 is 1. The standard InChI is InChI=1S/C23H24N4O3/c1-4-12-27(19-8-6-18(7-9-19)22(28)24-11-13-30-3)15-17-5-10-21-20(14-17)23(29)26-16(2)25-21/h1,5-10,14H,11-13,15H2,2-3H3,(H,24,28)(H,25,26,29). The predicted octanol–water partition coefficient (Wildman–Crippen LogP) is 2.25. The van der Waals surface area contributed by atoms with Crippen LogP contribution in [-0.2, 0) is 11.3 Å². The van der Waals surface area contributed by atoms with Crippen molar-refractivity contribution in [3.05, 3.63) is 69.8 Å². The van der Waals surface area contributed by atoms with Gasteiger partial charge in [-0.1, -0.05) is 12.0 Å². The van der Waals surface area contributed by atoms with E-state index in [9.17, 15) is 9.59 Å². The Labute approximate surface area is 175 Å². The Morgan fingerprint density at radius 1 is 1.27 bits per heavy atom. The fourth-order valence-electron chi connectivity index (χ4n) is 3.16. The van der Waals surface area contributed by atoms with Crippen molar-refractivity contribution in [2.75, 3.05) is 31.7 Å². The molecule has 0 radical (unpaired) electrons. The lowest BCUT2D eigenvalue weighted by Gasteiger charge is -2.23. The molecule has 2 N–H and O–H groups in total. The SMILES string of the molecule is C#CCN(Cc1ccc2nc(C)[nH]c(=O)c2c1)c1ccc(C(=O)NCCOC)cc1. The molecular formula is C23H24N4O3. The summed E-state index contributed by atoms with van der Waals surface area (Å²) < 4.78 is 4.94. The first kappa shape index (κ1) is 21.1. The summed E-state index contributed by atoms with van der Waals surface area (Å²) in [5, 5.41) is 3.33. The van der Waals surface area contributed by atoms with Crippen LogP contribution in [0.2, 0.25) is 0 Å². The zero-order chi connectivity index (χ0) is 21.5. The molecule has 154 valence electrons. The highest BCUT2D eigenvalue weighted by molar-refractivity contribution is 5.94. The molecule has 7 nitrogen and oxygen atoms in total. The fraction of sp³-hybridized carbons (Fsp3) is 0.261. The van der Waals surface area contributed by atoms with Crippen LogP contribution >= 0.6 is 0 Å². The van der Waals surface area contributed by atoms with E-state index in [4.69, 9.17) is 11.2 Å². The third-order valence-corrected chi connectivity index (χ3v) is 4.63. The number of aromatic nitrogens is 2. The zero-order valence-corrected chi connectivity index (χ0v) is 17.1. The van der Waals surface area contributed by atoms with E-state index in [0.717, 1.165) is 11.3 Å². The first-order chi connectivity index (χ1) is 14.5. The summed E-state index contributed by atoms with van der Waals surface area (Å²) >= 11 is 0. The van der Waals surface area contributed by atoms with Gasteiger partial charge in [-0.3, -0.25) is 9.59 Å². The number of amides is 1. The molecular weight excluding hydrogens is 380 g/mol. The highest BCUT2D eigenvalue weighted by atomic mass is 16.5. The van der Waals surface area contributed by atoms with Crippen molar-refractivity contribution in [1.29, 1.82) is 0 Å². The van der Waals surface area contributed by atoms with Crippen molar-refractivity contribution in [2.45, 2.75) is 13.5 Å². The number of anilines is 1. The molecule has 1 amide bonds.